The molecule has 2 saturated heterocycles. The van der Waals surface area contributed by atoms with E-state index >= 15 is 0 Å². The average molecular weight is 319 g/mol. The van der Waals surface area contributed by atoms with E-state index in [-0.39, 0.29) is 5.41 Å². The first kappa shape index (κ1) is 15.9. The lowest BCUT2D eigenvalue weighted by atomic mass is 9.68. The molecular formula is C23H29N. The molecule has 2 atom stereocenters. The van der Waals surface area contributed by atoms with Crippen LogP contribution < -0.4 is 0 Å². The molecule has 0 saturated carbocycles. The van der Waals surface area contributed by atoms with Crippen molar-refractivity contribution in [2.24, 2.45) is 5.92 Å². The van der Waals surface area contributed by atoms with E-state index in [0.717, 1.165) is 18.0 Å². The van der Waals surface area contributed by atoms with Gasteiger partial charge >= 0.3 is 0 Å². The van der Waals surface area contributed by atoms with Gasteiger partial charge in [-0.25, -0.2) is 0 Å². The maximum Gasteiger partial charge on any atom is 0.0177 e. The smallest absolute Gasteiger partial charge is 0.0177 e. The second-order valence-electron chi connectivity index (χ2n) is 8.16. The van der Waals surface area contributed by atoms with E-state index in [1.165, 1.54) is 43.2 Å². The molecule has 2 heterocycles. The van der Waals surface area contributed by atoms with Crippen LogP contribution in [0.2, 0.25) is 0 Å². The van der Waals surface area contributed by atoms with Crippen LogP contribution in [0.5, 0.6) is 0 Å². The Balaban J connectivity index is 1.65. The molecule has 24 heavy (non-hydrogen) atoms. The zero-order valence-electron chi connectivity index (χ0n) is 15.0. The predicted molar refractivity (Wildman–Crippen MR) is 101 cm³/mol. The van der Waals surface area contributed by atoms with Crippen LogP contribution in [0.1, 0.15) is 50.2 Å². The van der Waals surface area contributed by atoms with E-state index in [0.29, 0.717) is 0 Å². The minimum absolute atomic E-state index is 0.114. The second-order valence-corrected chi connectivity index (χ2v) is 8.16. The minimum Gasteiger partial charge on any atom is -0.300 e. The van der Waals surface area contributed by atoms with Gasteiger partial charge in [-0.2, -0.15) is 0 Å². The maximum atomic E-state index is 2.65. The summed E-state index contributed by atoms with van der Waals surface area (Å²) in [6.45, 7) is 2.46. The molecule has 2 unspecified atom stereocenters. The van der Waals surface area contributed by atoms with E-state index in [9.17, 15) is 0 Å². The minimum atomic E-state index is 0.114. The zero-order valence-corrected chi connectivity index (χ0v) is 15.0. The standard InChI is InChI=1S/C23H29N/c1-23(19-9-5-3-6-10-19,20-11-7-4-8-12-20)17-18-15-21-13-14-22(16-18)24(21)2/h3-12,18,21-22H,13-17H2,1-2H3. The summed E-state index contributed by atoms with van der Waals surface area (Å²) in [6, 6.07) is 23.9. The molecule has 2 aliphatic heterocycles. The van der Waals surface area contributed by atoms with Gasteiger partial charge in [-0.1, -0.05) is 67.6 Å². The monoisotopic (exact) mass is 319 g/mol. The summed E-state index contributed by atoms with van der Waals surface area (Å²) >= 11 is 0. The lowest BCUT2D eigenvalue weighted by Gasteiger charge is -2.41. The Morgan fingerprint density at radius 3 is 1.75 bits per heavy atom. The Morgan fingerprint density at radius 1 is 0.833 bits per heavy atom. The molecule has 0 spiro atoms. The molecule has 2 bridgehead atoms. The molecule has 0 N–H and O–H groups in total. The zero-order chi connectivity index (χ0) is 16.6. The predicted octanol–water partition coefficient (Wildman–Crippen LogP) is 5.26. The second kappa shape index (κ2) is 6.37. The largest absolute Gasteiger partial charge is 0.300 e. The third-order valence-electron chi connectivity index (χ3n) is 6.71. The number of benzene rings is 2. The van der Waals surface area contributed by atoms with Crippen LogP contribution in [0.15, 0.2) is 60.7 Å². The Labute approximate surface area is 146 Å². The summed E-state index contributed by atoms with van der Waals surface area (Å²) in [5.74, 6) is 0.837. The van der Waals surface area contributed by atoms with Crippen molar-refractivity contribution >= 4 is 0 Å². The van der Waals surface area contributed by atoms with Crippen molar-refractivity contribution < 1.29 is 0 Å². The summed E-state index contributed by atoms with van der Waals surface area (Å²) in [6.07, 6.45) is 6.84. The molecule has 4 rings (SSSR count). The first-order valence-corrected chi connectivity index (χ1v) is 9.50. The molecule has 2 fully saturated rings. The number of rotatable bonds is 4. The fourth-order valence-electron chi connectivity index (χ4n) is 5.28. The molecule has 2 aliphatic rings. The lowest BCUT2D eigenvalue weighted by molar-refractivity contribution is 0.120. The normalized spacial score (nSPS) is 27.3. The van der Waals surface area contributed by atoms with Crippen molar-refractivity contribution in [2.45, 2.75) is 56.5 Å². The third kappa shape index (κ3) is 2.80. The Morgan fingerprint density at radius 2 is 1.29 bits per heavy atom. The Bertz CT molecular complexity index is 609. The SMILES string of the molecule is CN1C2CCC1CC(CC(C)(c1ccccc1)c1ccccc1)C2. The summed E-state index contributed by atoms with van der Waals surface area (Å²) in [4.78, 5) is 2.65. The van der Waals surface area contributed by atoms with Crippen LogP contribution in [-0.2, 0) is 5.41 Å². The van der Waals surface area contributed by atoms with Gasteiger partial charge in [0.15, 0.2) is 0 Å². The molecule has 0 aromatic heterocycles. The third-order valence-corrected chi connectivity index (χ3v) is 6.71. The molecule has 1 nitrogen and oxygen atoms in total. The summed E-state index contributed by atoms with van der Waals surface area (Å²) < 4.78 is 0. The maximum absolute atomic E-state index is 2.65. The highest BCUT2D eigenvalue weighted by Gasteiger charge is 2.41. The topological polar surface area (TPSA) is 3.24 Å². The number of fused-ring (bicyclic) bond motifs is 2. The molecule has 1 heteroatoms. The van der Waals surface area contributed by atoms with E-state index in [1.54, 1.807) is 0 Å². The van der Waals surface area contributed by atoms with Crippen molar-refractivity contribution in [2.75, 3.05) is 7.05 Å². The van der Waals surface area contributed by atoms with Crippen LogP contribution in [0.3, 0.4) is 0 Å². The van der Waals surface area contributed by atoms with Gasteiger partial charge in [0.05, 0.1) is 0 Å². The van der Waals surface area contributed by atoms with Crippen molar-refractivity contribution in [3.8, 4) is 0 Å². The Hall–Kier alpha value is -1.60. The van der Waals surface area contributed by atoms with E-state index in [2.05, 4.69) is 79.5 Å². The summed E-state index contributed by atoms with van der Waals surface area (Å²) in [5, 5.41) is 0. The van der Waals surface area contributed by atoms with Gasteiger partial charge in [0, 0.05) is 17.5 Å². The number of piperidine rings is 1. The van der Waals surface area contributed by atoms with Gasteiger partial charge in [0.1, 0.15) is 0 Å². The van der Waals surface area contributed by atoms with Crippen LogP contribution in [0.25, 0.3) is 0 Å². The van der Waals surface area contributed by atoms with Crippen molar-refractivity contribution in [3.05, 3.63) is 71.8 Å². The van der Waals surface area contributed by atoms with Gasteiger partial charge in [0.2, 0.25) is 0 Å². The van der Waals surface area contributed by atoms with Crippen LogP contribution in [-0.4, -0.2) is 24.0 Å². The summed E-state index contributed by atoms with van der Waals surface area (Å²) in [7, 11) is 2.34. The van der Waals surface area contributed by atoms with Crippen molar-refractivity contribution in [3.63, 3.8) is 0 Å². The first-order valence-electron chi connectivity index (χ1n) is 9.50. The number of nitrogens with zero attached hydrogens (tertiary/aromatic N) is 1. The van der Waals surface area contributed by atoms with E-state index in [1.807, 2.05) is 0 Å². The van der Waals surface area contributed by atoms with Gasteiger partial charge in [0.25, 0.3) is 0 Å². The van der Waals surface area contributed by atoms with Crippen LogP contribution in [0.4, 0.5) is 0 Å². The molecule has 2 aromatic carbocycles. The molecule has 0 amide bonds. The van der Waals surface area contributed by atoms with Gasteiger partial charge in [-0.15, -0.1) is 0 Å². The highest BCUT2D eigenvalue weighted by molar-refractivity contribution is 5.38. The molecule has 2 aromatic rings. The Kier molecular flexibility index (Phi) is 4.22. The fraction of sp³-hybridized carbons (Fsp3) is 0.478. The summed E-state index contributed by atoms with van der Waals surface area (Å²) in [5.41, 5.74) is 3.03. The fourth-order valence-corrected chi connectivity index (χ4v) is 5.28. The highest BCUT2D eigenvalue weighted by Crippen LogP contribution is 2.45. The lowest BCUT2D eigenvalue weighted by Crippen LogP contribution is -2.41. The van der Waals surface area contributed by atoms with Crippen LogP contribution in [0, 0.1) is 5.92 Å². The molecule has 126 valence electrons. The van der Waals surface area contributed by atoms with E-state index < -0.39 is 0 Å². The quantitative estimate of drug-likeness (QED) is 0.743. The molecular weight excluding hydrogens is 290 g/mol. The van der Waals surface area contributed by atoms with Gasteiger partial charge in [-0.3, -0.25) is 0 Å². The van der Waals surface area contributed by atoms with Crippen molar-refractivity contribution in [1.29, 1.82) is 0 Å². The molecule has 0 radical (unpaired) electrons. The number of hydrogen-bond acceptors (Lipinski definition) is 1. The van der Waals surface area contributed by atoms with Gasteiger partial charge in [-0.05, 0) is 56.2 Å². The highest BCUT2D eigenvalue weighted by atomic mass is 15.2. The molecule has 0 aliphatic carbocycles. The number of hydrogen-bond donors (Lipinski definition) is 0. The first-order chi connectivity index (χ1) is 11.7. The van der Waals surface area contributed by atoms with Crippen molar-refractivity contribution in [1.82, 2.24) is 4.90 Å². The average Bonchev–Trinajstić information content (AvgIpc) is 2.84. The van der Waals surface area contributed by atoms with Crippen LogP contribution >= 0.6 is 0 Å². The van der Waals surface area contributed by atoms with Gasteiger partial charge < -0.3 is 4.90 Å². The van der Waals surface area contributed by atoms with E-state index in [4.69, 9.17) is 0 Å².